The summed E-state index contributed by atoms with van der Waals surface area (Å²) in [6.07, 6.45) is 1.54. The van der Waals surface area contributed by atoms with Crippen LogP contribution in [0.25, 0.3) is 6.08 Å². The molecule has 0 radical (unpaired) electrons. The number of carbonyl (C=O) groups is 2. The van der Waals surface area contributed by atoms with Gasteiger partial charge in [0.05, 0.1) is 5.57 Å². The molecular weight excluding hydrogens is 206 g/mol. The normalized spacial score (nSPS) is 10.9. The summed E-state index contributed by atoms with van der Waals surface area (Å²) in [4.78, 5) is 21.6. The van der Waals surface area contributed by atoms with Crippen LogP contribution in [0.5, 0.6) is 0 Å². The van der Waals surface area contributed by atoms with Crippen LogP contribution >= 0.6 is 0 Å². The number of amides is 1. The Bertz CT molecular complexity index is 410. The van der Waals surface area contributed by atoms with E-state index in [0.29, 0.717) is 0 Å². The van der Waals surface area contributed by atoms with Crippen molar-refractivity contribution in [3.63, 3.8) is 0 Å². The lowest BCUT2D eigenvalue weighted by Gasteiger charge is -2.03. The first-order valence-electron chi connectivity index (χ1n) is 4.83. The predicted molar refractivity (Wildman–Crippen MR) is 60.7 cm³/mol. The van der Waals surface area contributed by atoms with E-state index in [2.05, 4.69) is 5.32 Å². The zero-order valence-corrected chi connectivity index (χ0v) is 8.93. The van der Waals surface area contributed by atoms with Gasteiger partial charge in [-0.25, -0.2) is 4.79 Å². The highest BCUT2D eigenvalue weighted by atomic mass is 16.4. The first-order valence-corrected chi connectivity index (χ1v) is 4.83. The number of hydrogen-bond acceptors (Lipinski definition) is 2. The number of carboxylic acids is 1. The molecule has 0 spiro atoms. The summed E-state index contributed by atoms with van der Waals surface area (Å²) in [6.45, 7) is 1.38. The van der Waals surface area contributed by atoms with Gasteiger partial charge in [-0.2, -0.15) is 0 Å². The summed E-state index contributed by atoms with van der Waals surface area (Å²) in [6, 6.07) is 9.10. The van der Waals surface area contributed by atoms with Crippen LogP contribution < -0.4 is 5.32 Å². The Morgan fingerprint density at radius 3 is 2.44 bits per heavy atom. The zero-order chi connectivity index (χ0) is 12.0. The Kier molecular flexibility index (Phi) is 4.27. The summed E-state index contributed by atoms with van der Waals surface area (Å²) in [5.41, 5.74) is 0.951. The molecule has 1 rings (SSSR count). The highest BCUT2D eigenvalue weighted by molar-refractivity contribution is 5.93. The monoisotopic (exact) mass is 219 g/mol. The van der Waals surface area contributed by atoms with Gasteiger partial charge in [0, 0.05) is 13.5 Å². The van der Waals surface area contributed by atoms with Gasteiger partial charge in [0.25, 0.3) is 0 Å². The molecule has 0 aliphatic heterocycles. The molecule has 0 atom stereocenters. The summed E-state index contributed by atoms with van der Waals surface area (Å²) in [5, 5.41) is 11.4. The molecule has 0 heterocycles. The molecule has 0 aliphatic rings. The molecule has 2 N–H and O–H groups in total. The molecule has 84 valence electrons. The van der Waals surface area contributed by atoms with Gasteiger partial charge in [0.2, 0.25) is 5.91 Å². The molecule has 0 aromatic heterocycles. The quantitative estimate of drug-likeness (QED) is 0.750. The van der Waals surface area contributed by atoms with Crippen LogP contribution in [0.3, 0.4) is 0 Å². The Morgan fingerprint density at radius 1 is 1.31 bits per heavy atom. The van der Waals surface area contributed by atoms with Crippen LogP contribution in [0, 0.1) is 0 Å². The van der Waals surface area contributed by atoms with Crippen LogP contribution in [0.4, 0.5) is 0 Å². The molecule has 16 heavy (non-hydrogen) atoms. The fourth-order valence-electron chi connectivity index (χ4n) is 1.16. The maximum Gasteiger partial charge on any atom is 0.333 e. The van der Waals surface area contributed by atoms with Gasteiger partial charge in [0.1, 0.15) is 0 Å². The number of aliphatic carboxylic acids is 1. The van der Waals surface area contributed by atoms with Crippen LogP contribution in [0.1, 0.15) is 12.5 Å². The molecule has 4 nitrogen and oxygen atoms in total. The van der Waals surface area contributed by atoms with Gasteiger partial charge in [-0.1, -0.05) is 30.3 Å². The van der Waals surface area contributed by atoms with E-state index in [9.17, 15) is 9.59 Å². The average molecular weight is 219 g/mol. The van der Waals surface area contributed by atoms with E-state index in [4.69, 9.17) is 5.11 Å². The lowest BCUT2D eigenvalue weighted by Crippen LogP contribution is -2.25. The number of hydrogen-bond donors (Lipinski definition) is 2. The molecule has 0 aliphatic carbocycles. The minimum absolute atomic E-state index is 0.0273. The third-order valence-corrected chi connectivity index (χ3v) is 1.94. The summed E-state index contributed by atoms with van der Waals surface area (Å²) in [5.74, 6) is -1.28. The largest absolute Gasteiger partial charge is 0.478 e. The average Bonchev–Trinajstić information content (AvgIpc) is 2.25. The SMILES string of the molecule is CC(=O)NCC(=Cc1ccccc1)C(=O)O. The van der Waals surface area contributed by atoms with E-state index < -0.39 is 5.97 Å². The van der Waals surface area contributed by atoms with Crippen molar-refractivity contribution < 1.29 is 14.7 Å². The van der Waals surface area contributed by atoms with E-state index in [-0.39, 0.29) is 18.0 Å². The van der Waals surface area contributed by atoms with Crippen molar-refractivity contribution in [2.75, 3.05) is 6.54 Å². The first-order chi connectivity index (χ1) is 7.59. The minimum atomic E-state index is -1.03. The lowest BCUT2D eigenvalue weighted by atomic mass is 10.1. The van der Waals surface area contributed by atoms with Crippen LogP contribution in [0.2, 0.25) is 0 Å². The van der Waals surface area contributed by atoms with Crippen LogP contribution in [-0.4, -0.2) is 23.5 Å². The van der Waals surface area contributed by atoms with Gasteiger partial charge in [-0.3, -0.25) is 4.79 Å². The second-order valence-corrected chi connectivity index (χ2v) is 3.30. The maximum atomic E-state index is 10.9. The highest BCUT2D eigenvalue weighted by Gasteiger charge is 2.07. The molecule has 0 bridgehead atoms. The number of rotatable bonds is 4. The van der Waals surface area contributed by atoms with Crippen molar-refractivity contribution in [2.45, 2.75) is 6.92 Å². The zero-order valence-electron chi connectivity index (χ0n) is 8.93. The van der Waals surface area contributed by atoms with E-state index in [1.165, 1.54) is 13.0 Å². The molecule has 4 heteroatoms. The van der Waals surface area contributed by atoms with Gasteiger partial charge in [-0.15, -0.1) is 0 Å². The van der Waals surface area contributed by atoms with Gasteiger partial charge < -0.3 is 10.4 Å². The molecule has 0 saturated carbocycles. The van der Waals surface area contributed by atoms with Crippen molar-refractivity contribution in [1.82, 2.24) is 5.32 Å². The van der Waals surface area contributed by atoms with Crippen LogP contribution in [0.15, 0.2) is 35.9 Å². The molecule has 1 amide bonds. The minimum Gasteiger partial charge on any atom is -0.478 e. The Hall–Kier alpha value is -2.10. The van der Waals surface area contributed by atoms with Gasteiger partial charge in [-0.05, 0) is 11.6 Å². The van der Waals surface area contributed by atoms with Crippen molar-refractivity contribution >= 4 is 18.0 Å². The van der Waals surface area contributed by atoms with Gasteiger partial charge >= 0.3 is 5.97 Å². The highest BCUT2D eigenvalue weighted by Crippen LogP contribution is 2.06. The molecule has 0 unspecified atom stereocenters. The number of carboxylic acid groups (broad SMARTS) is 1. The topological polar surface area (TPSA) is 66.4 Å². The van der Waals surface area contributed by atoms with Crippen molar-refractivity contribution in [3.05, 3.63) is 41.5 Å². The number of benzene rings is 1. The van der Waals surface area contributed by atoms with E-state index in [1.807, 2.05) is 18.2 Å². The second kappa shape index (κ2) is 5.70. The lowest BCUT2D eigenvalue weighted by molar-refractivity contribution is -0.132. The molecular formula is C12H13NO3. The van der Waals surface area contributed by atoms with Crippen molar-refractivity contribution in [2.24, 2.45) is 0 Å². The summed E-state index contributed by atoms with van der Waals surface area (Å²) >= 11 is 0. The molecule has 1 aromatic rings. The van der Waals surface area contributed by atoms with Crippen LogP contribution in [-0.2, 0) is 9.59 Å². The standard InChI is InChI=1S/C12H13NO3/c1-9(14)13-8-11(12(15)16)7-10-5-3-2-4-6-10/h2-7H,8H2,1H3,(H,13,14)(H,15,16). The second-order valence-electron chi connectivity index (χ2n) is 3.30. The Labute approximate surface area is 93.6 Å². The Morgan fingerprint density at radius 2 is 1.94 bits per heavy atom. The van der Waals surface area contributed by atoms with Crippen molar-refractivity contribution in [3.8, 4) is 0 Å². The molecule has 0 fully saturated rings. The smallest absolute Gasteiger partial charge is 0.333 e. The first kappa shape index (κ1) is 12.0. The third-order valence-electron chi connectivity index (χ3n) is 1.94. The van der Waals surface area contributed by atoms with E-state index in [1.54, 1.807) is 12.1 Å². The van der Waals surface area contributed by atoms with E-state index in [0.717, 1.165) is 5.56 Å². The number of nitrogens with one attached hydrogen (secondary N) is 1. The molecule has 1 aromatic carbocycles. The van der Waals surface area contributed by atoms with Gasteiger partial charge in [0.15, 0.2) is 0 Å². The summed E-state index contributed by atoms with van der Waals surface area (Å²) < 4.78 is 0. The fourth-order valence-corrected chi connectivity index (χ4v) is 1.16. The predicted octanol–water partition coefficient (Wildman–Crippen LogP) is 1.29. The van der Waals surface area contributed by atoms with E-state index >= 15 is 0 Å². The fraction of sp³-hybridized carbons (Fsp3) is 0.167. The van der Waals surface area contributed by atoms with Crippen molar-refractivity contribution in [1.29, 1.82) is 0 Å². The molecule has 0 saturated heterocycles. The third kappa shape index (κ3) is 3.96. The number of carbonyl (C=O) groups excluding carboxylic acids is 1. The Balaban J connectivity index is 2.81. The summed E-state index contributed by atoms with van der Waals surface area (Å²) in [7, 11) is 0. The maximum absolute atomic E-state index is 10.9.